The lowest BCUT2D eigenvalue weighted by atomic mass is 10.0. The van der Waals surface area contributed by atoms with Crippen LogP contribution in [-0.2, 0) is 36.5 Å². The first kappa shape index (κ1) is 19.2. The molecule has 10 heteroatoms. The largest absolute Gasteiger partial charge is 0.480 e. The van der Waals surface area contributed by atoms with E-state index >= 15 is 0 Å². The van der Waals surface area contributed by atoms with Crippen LogP contribution in [0.3, 0.4) is 0 Å². The molecule has 0 aliphatic carbocycles. The molecule has 144 valence electrons. The van der Waals surface area contributed by atoms with Crippen molar-refractivity contribution in [2.24, 2.45) is 0 Å². The van der Waals surface area contributed by atoms with Gasteiger partial charge in [0.15, 0.2) is 0 Å². The molecule has 2 aliphatic rings. The van der Waals surface area contributed by atoms with Gasteiger partial charge in [-0.3, -0.25) is 23.9 Å². The molecular weight excluding hydrogens is 376 g/mol. The molecule has 2 atom stereocenters. The van der Waals surface area contributed by atoms with Crippen molar-refractivity contribution in [1.82, 2.24) is 10.2 Å². The minimum Gasteiger partial charge on any atom is -0.480 e. The van der Waals surface area contributed by atoms with Gasteiger partial charge in [-0.2, -0.15) is 0 Å². The highest BCUT2D eigenvalue weighted by atomic mass is 32.2. The number of aliphatic carboxylic acids is 1. The van der Waals surface area contributed by atoms with E-state index in [-0.39, 0.29) is 43.6 Å². The minimum absolute atomic E-state index is 0.00732. The van der Waals surface area contributed by atoms with Crippen LogP contribution in [-0.4, -0.2) is 62.9 Å². The number of carboxylic acids is 1. The number of fused-ring (bicyclic) bond motifs is 1. The Kier molecular flexibility index (Phi) is 5.66. The van der Waals surface area contributed by atoms with Crippen molar-refractivity contribution in [3.8, 4) is 0 Å². The highest BCUT2D eigenvalue weighted by Crippen LogP contribution is 2.31. The quantitative estimate of drug-likeness (QED) is 0.478. The Hall–Kier alpha value is -2.59. The van der Waals surface area contributed by atoms with Crippen molar-refractivity contribution >= 4 is 34.5 Å². The second-order valence-corrected chi connectivity index (χ2v) is 7.72. The maximum atomic E-state index is 12.7. The van der Waals surface area contributed by atoms with E-state index in [0.717, 1.165) is 0 Å². The maximum Gasteiger partial charge on any atom is 0.329 e. The number of piperidine rings is 1. The monoisotopic (exact) mass is 394 g/mol. The van der Waals surface area contributed by atoms with Gasteiger partial charge in [-0.25, -0.2) is 4.79 Å². The fourth-order valence-electron chi connectivity index (χ4n) is 3.17. The fourth-order valence-corrected chi connectivity index (χ4v) is 4.34. The average Bonchev–Trinajstić information content (AvgIpc) is 2.95. The van der Waals surface area contributed by atoms with E-state index in [2.05, 4.69) is 5.32 Å². The summed E-state index contributed by atoms with van der Waals surface area (Å²) in [6.07, 6.45) is 0.419. The Bertz CT molecular complexity index is 839. The maximum absolute atomic E-state index is 12.7. The Morgan fingerprint density at radius 3 is 2.81 bits per heavy atom. The Labute approximate surface area is 157 Å². The number of amides is 3. The lowest BCUT2D eigenvalue weighted by molar-refractivity contribution is -0.142. The van der Waals surface area contributed by atoms with Gasteiger partial charge in [0.05, 0.1) is 23.2 Å². The van der Waals surface area contributed by atoms with Gasteiger partial charge in [-0.1, -0.05) is 6.07 Å². The van der Waals surface area contributed by atoms with Crippen LogP contribution in [0.5, 0.6) is 0 Å². The predicted octanol–water partition coefficient (Wildman–Crippen LogP) is -0.344. The van der Waals surface area contributed by atoms with Crippen LogP contribution in [0, 0.1) is 0 Å². The number of ether oxygens (including phenoxy) is 1. The van der Waals surface area contributed by atoms with Crippen molar-refractivity contribution < 1.29 is 33.2 Å². The summed E-state index contributed by atoms with van der Waals surface area (Å²) in [6, 6.07) is 4.15. The molecule has 0 radical (unpaired) electrons. The molecule has 0 aromatic heterocycles. The van der Waals surface area contributed by atoms with Crippen LogP contribution in [0.4, 0.5) is 0 Å². The second-order valence-electron chi connectivity index (χ2n) is 6.18. The molecule has 9 nitrogen and oxygen atoms in total. The third-order valence-corrected chi connectivity index (χ3v) is 5.83. The van der Waals surface area contributed by atoms with Crippen LogP contribution < -0.4 is 5.32 Å². The first-order chi connectivity index (χ1) is 12.9. The Balaban J connectivity index is 1.73. The third kappa shape index (κ3) is 4.06. The van der Waals surface area contributed by atoms with Crippen LogP contribution in [0.15, 0.2) is 23.1 Å². The van der Waals surface area contributed by atoms with E-state index in [9.17, 15) is 23.4 Å². The normalized spacial score (nSPS) is 20.4. The lowest BCUT2D eigenvalue weighted by Gasteiger charge is -2.29. The second kappa shape index (κ2) is 7.97. The first-order valence-electron chi connectivity index (χ1n) is 8.33. The molecular formula is C17H18N2O7S. The van der Waals surface area contributed by atoms with Crippen LogP contribution in [0.25, 0.3) is 0 Å². The highest BCUT2D eigenvalue weighted by Gasteiger charge is 2.40. The molecule has 3 amide bonds. The smallest absolute Gasteiger partial charge is 0.329 e. The molecule has 1 saturated heterocycles. The van der Waals surface area contributed by atoms with Gasteiger partial charge in [0.2, 0.25) is 11.8 Å². The molecule has 3 rings (SSSR count). The van der Waals surface area contributed by atoms with Crippen molar-refractivity contribution in [2.75, 3.05) is 19.0 Å². The molecule has 27 heavy (non-hydrogen) atoms. The SMILES string of the molecule is O=C(O)COCCS(=O)c1cccc2c1CN(C1CCC(=O)NC1=O)C2=O. The van der Waals surface area contributed by atoms with E-state index in [1.165, 1.54) is 4.90 Å². The zero-order chi connectivity index (χ0) is 19.6. The number of carboxylic acid groups (broad SMARTS) is 1. The molecule has 0 bridgehead atoms. The van der Waals surface area contributed by atoms with Crippen LogP contribution >= 0.6 is 0 Å². The number of hydrogen-bond acceptors (Lipinski definition) is 6. The number of benzene rings is 1. The zero-order valence-corrected chi connectivity index (χ0v) is 15.1. The summed E-state index contributed by atoms with van der Waals surface area (Å²) in [4.78, 5) is 48.4. The highest BCUT2D eigenvalue weighted by molar-refractivity contribution is 7.85. The standard InChI is InChI=1S/C17H18N2O7S/c20-14-5-4-12(16(23)18-14)19-8-11-10(17(19)24)2-1-3-13(11)27(25)7-6-26-9-15(21)22/h1-3,12H,4-9H2,(H,21,22)(H,18,20,23). The predicted molar refractivity (Wildman–Crippen MR) is 92.2 cm³/mol. The molecule has 0 saturated carbocycles. The van der Waals surface area contributed by atoms with Gasteiger partial charge >= 0.3 is 5.97 Å². The van der Waals surface area contributed by atoms with Gasteiger partial charge in [0.1, 0.15) is 12.6 Å². The van der Waals surface area contributed by atoms with Crippen molar-refractivity contribution in [1.29, 1.82) is 0 Å². The van der Waals surface area contributed by atoms with Crippen LogP contribution in [0.1, 0.15) is 28.8 Å². The number of nitrogens with one attached hydrogen (secondary N) is 1. The molecule has 2 N–H and O–H groups in total. The van der Waals surface area contributed by atoms with Gasteiger partial charge in [-0.05, 0) is 18.6 Å². The van der Waals surface area contributed by atoms with Crippen molar-refractivity contribution in [3.63, 3.8) is 0 Å². The number of carbonyl (C=O) groups excluding carboxylic acids is 3. The summed E-state index contributed by atoms with van der Waals surface area (Å²) in [5.74, 6) is -2.20. The zero-order valence-electron chi connectivity index (χ0n) is 14.3. The van der Waals surface area contributed by atoms with Gasteiger partial charge in [0.25, 0.3) is 5.91 Å². The summed E-state index contributed by atoms with van der Waals surface area (Å²) < 4.78 is 17.5. The number of imide groups is 1. The number of carbonyl (C=O) groups is 4. The summed E-state index contributed by atoms with van der Waals surface area (Å²) in [5.41, 5.74) is 0.973. The van der Waals surface area contributed by atoms with E-state index in [4.69, 9.17) is 9.84 Å². The molecule has 1 fully saturated rings. The minimum atomic E-state index is -1.48. The Morgan fingerprint density at radius 1 is 1.33 bits per heavy atom. The number of rotatable bonds is 7. The molecule has 0 spiro atoms. The van der Waals surface area contributed by atoms with E-state index in [0.29, 0.717) is 16.0 Å². The fraction of sp³-hybridized carbons (Fsp3) is 0.412. The molecule has 2 aliphatic heterocycles. The molecule has 1 aromatic carbocycles. The topological polar surface area (TPSA) is 130 Å². The summed E-state index contributed by atoms with van der Waals surface area (Å²) in [5, 5.41) is 10.8. The van der Waals surface area contributed by atoms with E-state index < -0.39 is 35.3 Å². The summed E-state index contributed by atoms with van der Waals surface area (Å²) >= 11 is 0. The van der Waals surface area contributed by atoms with Gasteiger partial charge < -0.3 is 14.7 Å². The summed E-state index contributed by atoms with van der Waals surface area (Å²) in [6.45, 7) is -0.322. The third-order valence-electron chi connectivity index (χ3n) is 4.42. The first-order valence-corrected chi connectivity index (χ1v) is 9.65. The van der Waals surface area contributed by atoms with Gasteiger partial charge in [-0.15, -0.1) is 0 Å². The van der Waals surface area contributed by atoms with Crippen LogP contribution in [0.2, 0.25) is 0 Å². The number of nitrogens with zero attached hydrogens (tertiary/aromatic N) is 1. The number of hydrogen-bond donors (Lipinski definition) is 2. The summed E-state index contributed by atoms with van der Waals surface area (Å²) in [7, 11) is -1.48. The lowest BCUT2D eigenvalue weighted by Crippen LogP contribution is -2.52. The van der Waals surface area contributed by atoms with Gasteiger partial charge in [0, 0.05) is 29.0 Å². The molecule has 2 heterocycles. The Morgan fingerprint density at radius 2 is 2.11 bits per heavy atom. The van der Waals surface area contributed by atoms with E-state index in [1.54, 1.807) is 18.2 Å². The van der Waals surface area contributed by atoms with E-state index in [1.807, 2.05) is 0 Å². The van der Waals surface area contributed by atoms with Crippen molar-refractivity contribution in [2.45, 2.75) is 30.3 Å². The van der Waals surface area contributed by atoms with Crippen molar-refractivity contribution in [3.05, 3.63) is 29.3 Å². The molecule has 2 unspecified atom stereocenters. The average molecular weight is 394 g/mol. The molecule has 1 aromatic rings.